The van der Waals surface area contributed by atoms with Gasteiger partial charge in [0, 0.05) is 10.9 Å². The minimum atomic E-state index is 0.0635. The predicted octanol–water partition coefficient (Wildman–Crippen LogP) is 2.13. The molecule has 0 aliphatic heterocycles. The monoisotopic (exact) mass is 241 g/mol. The number of hydrogen-bond donors (Lipinski definition) is 1. The first-order valence-corrected chi connectivity index (χ1v) is 4.75. The minimum absolute atomic E-state index is 0.0635. The Bertz CT molecular complexity index is 424. The Kier molecular flexibility index (Phi) is 2.33. The van der Waals surface area contributed by atoms with Crippen molar-refractivity contribution >= 4 is 27.0 Å². The van der Waals surface area contributed by atoms with Gasteiger partial charge in [-0.3, -0.25) is 0 Å². The van der Waals surface area contributed by atoms with Gasteiger partial charge in [0.05, 0.1) is 6.61 Å². The van der Waals surface area contributed by atoms with Gasteiger partial charge in [-0.25, -0.2) is 4.98 Å². The topological polar surface area (TPSA) is 46.3 Å². The van der Waals surface area contributed by atoms with Crippen molar-refractivity contribution in [2.75, 3.05) is 6.61 Å². The number of fused-ring (bicyclic) bond motifs is 1. The van der Waals surface area contributed by atoms with E-state index in [4.69, 9.17) is 9.52 Å². The second-order valence-corrected chi connectivity index (χ2v) is 3.61. The van der Waals surface area contributed by atoms with Crippen LogP contribution < -0.4 is 0 Å². The maximum atomic E-state index is 8.69. The number of rotatable bonds is 2. The molecule has 1 heterocycles. The Hall–Kier alpha value is -0.870. The third-order valence-electron chi connectivity index (χ3n) is 1.72. The molecule has 1 aromatic heterocycles. The Morgan fingerprint density at radius 2 is 2.31 bits per heavy atom. The van der Waals surface area contributed by atoms with Crippen molar-refractivity contribution in [3.8, 4) is 0 Å². The van der Waals surface area contributed by atoms with Crippen LogP contribution in [0.5, 0.6) is 0 Å². The highest BCUT2D eigenvalue weighted by atomic mass is 79.9. The van der Waals surface area contributed by atoms with Crippen LogP contribution in [0, 0.1) is 0 Å². The molecule has 3 nitrogen and oxygen atoms in total. The van der Waals surface area contributed by atoms with E-state index >= 15 is 0 Å². The van der Waals surface area contributed by atoms with Gasteiger partial charge in [-0.05, 0) is 18.2 Å². The molecule has 0 spiro atoms. The van der Waals surface area contributed by atoms with E-state index in [0.29, 0.717) is 12.3 Å². The molecule has 0 radical (unpaired) electrons. The van der Waals surface area contributed by atoms with Crippen molar-refractivity contribution in [2.45, 2.75) is 6.42 Å². The van der Waals surface area contributed by atoms with Gasteiger partial charge in [0.15, 0.2) is 11.5 Å². The first-order valence-electron chi connectivity index (χ1n) is 3.95. The fourth-order valence-corrected chi connectivity index (χ4v) is 1.49. The van der Waals surface area contributed by atoms with Gasteiger partial charge in [-0.2, -0.15) is 0 Å². The third kappa shape index (κ3) is 1.73. The summed E-state index contributed by atoms with van der Waals surface area (Å²) in [7, 11) is 0. The highest BCUT2D eigenvalue weighted by molar-refractivity contribution is 9.10. The molecule has 1 aromatic carbocycles. The molecule has 0 saturated heterocycles. The van der Waals surface area contributed by atoms with Crippen LogP contribution in [0.25, 0.3) is 11.1 Å². The summed E-state index contributed by atoms with van der Waals surface area (Å²) in [5.74, 6) is 0.579. The summed E-state index contributed by atoms with van der Waals surface area (Å²) < 4.78 is 6.35. The number of hydrogen-bond acceptors (Lipinski definition) is 3. The summed E-state index contributed by atoms with van der Waals surface area (Å²) in [6.07, 6.45) is 0.465. The lowest BCUT2D eigenvalue weighted by Gasteiger charge is -1.86. The standard InChI is InChI=1S/C9H8BrNO2/c10-6-1-2-7-8(5-6)13-9(11-7)3-4-12/h1-2,5,12H,3-4H2. The molecule has 0 aliphatic carbocycles. The van der Waals surface area contributed by atoms with Crippen LogP contribution in [-0.4, -0.2) is 16.7 Å². The quantitative estimate of drug-likeness (QED) is 0.877. The van der Waals surface area contributed by atoms with Crippen molar-refractivity contribution in [3.05, 3.63) is 28.6 Å². The van der Waals surface area contributed by atoms with Crippen molar-refractivity contribution < 1.29 is 9.52 Å². The molecule has 2 rings (SSSR count). The number of aromatic nitrogens is 1. The molecular weight excluding hydrogens is 234 g/mol. The number of oxazole rings is 1. The SMILES string of the molecule is OCCc1nc2ccc(Br)cc2o1. The van der Waals surface area contributed by atoms with E-state index in [9.17, 15) is 0 Å². The van der Waals surface area contributed by atoms with Gasteiger partial charge >= 0.3 is 0 Å². The highest BCUT2D eigenvalue weighted by Gasteiger charge is 2.04. The van der Waals surface area contributed by atoms with E-state index < -0.39 is 0 Å². The Balaban J connectivity index is 2.49. The zero-order chi connectivity index (χ0) is 9.26. The number of aliphatic hydroxyl groups is 1. The summed E-state index contributed by atoms with van der Waals surface area (Å²) in [6.45, 7) is 0.0635. The maximum absolute atomic E-state index is 8.69. The number of aliphatic hydroxyl groups excluding tert-OH is 1. The maximum Gasteiger partial charge on any atom is 0.197 e. The molecule has 2 aromatic rings. The normalized spacial score (nSPS) is 10.9. The molecule has 4 heteroatoms. The smallest absolute Gasteiger partial charge is 0.197 e. The van der Waals surface area contributed by atoms with Gasteiger partial charge in [0.1, 0.15) is 5.52 Å². The molecule has 0 aliphatic rings. The van der Waals surface area contributed by atoms with Crippen molar-refractivity contribution in [2.24, 2.45) is 0 Å². The van der Waals surface area contributed by atoms with E-state index in [1.807, 2.05) is 18.2 Å². The second-order valence-electron chi connectivity index (χ2n) is 2.69. The molecule has 1 N–H and O–H groups in total. The first-order chi connectivity index (χ1) is 6.29. The van der Waals surface area contributed by atoms with E-state index in [-0.39, 0.29) is 6.61 Å². The van der Waals surface area contributed by atoms with Crippen molar-refractivity contribution in [1.82, 2.24) is 4.98 Å². The van der Waals surface area contributed by atoms with Crippen molar-refractivity contribution in [3.63, 3.8) is 0 Å². The van der Waals surface area contributed by atoms with E-state index in [2.05, 4.69) is 20.9 Å². The predicted molar refractivity (Wildman–Crippen MR) is 52.5 cm³/mol. The summed E-state index contributed by atoms with van der Waals surface area (Å²) in [5, 5.41) is 8.69. The molecule has 0 bridgehead atoms. The van der Waals surface area contributed by atoms with Crippen LogP contribution in [-0.2, 0) is 6.42 Å². The molecule has 68 valence electrons. The molecule has 0 saturated carbocycles. The largest absolute Gasteiger partial charge is 0.441 e. The van der Waals surface area contributed by atoms with E-state index in [1.54, 1.807) is 0 Å². The van der Waals surface area contributed by atoms with Gasteiger partial charge in [-0.15, -0.1) is 0 Å². The fraction of sp³-hybridized carbons (Fsp3) is 0.222. The lowest BCUT2D eigenvalue weighted by molar-refractivity contribution is 0.287. The van der Waals surface area contributed by atoms with Gasteiger partial charge in [0.25, 0.3) is 0 Å². The van der Waals surface area contributed by atoms with E-state index in [0.717, 1.165) is 15.6 Å². The lowest BCUT2D eigenvalue weighted by atomic mass is 10.3. The number of benzene rings is 1. The zero-order valence-corrected chi connectivity index (χ0v) is 8.41. The Morgan fingerprint density at radius 1 is 1.46 bits per heavy atom. The summed E-state index contributed by atoms with van der Waals surface area (Å²) >= 11 is 3.34. The number of nitrogens with zero attached hydrogens (tertiary/aromatic N) is 1. The van der Waals surface area contributed by atoms with Gasteiger partial charge in [0.2, 0.25) is 0 Å². The Labute approximate surface area is 83.5 Å². The third-order valence-corrected chi connectivity index (χ3v) is 2.21. The summed E-state index contributed by atoms with van der Waals surface area (Å²) in [5.41, 5.74) is 1.57. The van der Waals surface area contributed by atoms with Crippen LogP contribution in [0.3, 0.4) is 0 Å². The van der Waals surface area contributed by atoms with Crippen LogP contribution in [0.4, 0.5) is 0 Å². The van der Waals surface area contributed by atoms with Crippen LogP contribution in [0.1, 0.15) is 5.89 Å². The molecule has 0 fully saturated rings. The highest BCUT2D eigenvalue weighted by Crippen LogP contribution is 2.20. The Morgan fingerprint density at radius 3 is 3.08 bits per heavy atom. The molecular formula is C9H8BrNO2. The van der Waals surface area contributed by atoms with Crippen molar-refractivity contribution in [1.29, 1.82) is 0 Å². The summed E-state index contributed by atoms with van der Waals surface area (Å²) in [6, 6.07) is 5.65. The summed E-state index contributed by atoms with van der Waals surface area (Å²) in [4.78, 5) is 4.20. The fourth-order valence-electron chi connectivity index (χ4n) is 1.15. The molecule has 0 atom stereocenters. The average molecular weight is 242 g/mol. The first kappa shape index (κ1) is 8.72. The molecule has 0 unspecified atom stereocenters. The van der Waals surface area contributed by atoms with Gasteiger partial charge < -0.3 is 9.52 Å². The lowest BCUT2D eigenvalue weighted by Crippen LogP contribution is -1.88. The van der Waals surface area contributed by atoms with E-state index in [1.165, 1.54) is 0 Å². The minimum Gasteiger partial charge on any atom is -0.441 e. The van der Waals surface area contributed by atoms with Crippen LogP contribution in [0.2, 0.25) is 0 Å². The van der Waals surface area contributed by atoms with Gasteiger partial charge in [-0.1, -0.05) is 15.9 Å². The molecule has 13 heavy (non-hydrogen) atoms. The second kappa shape index (κ2) is 3.47. The average Bonchev–Trinajstić information content (AvgIpc) is 2.46. The zero-order valence-electron chi connectivity index (χ0n) is 6.83. The van der Waals surface area contributed by atoms with Crippen LogP contribution >= 0.6 is 15.9 Å². The number of halogens is 1. The molecule has 0 amide bonds. The van der Waals surface area contributed by atoms with Crippen LogP contribution in [0.15, 0.2) is 27.1 Å².